The lowest BCUT2D eigenvalue weighted by Gasteiger charge is -2.27. The summed E-state index contributed by atoms with van der Waals surface area (Å²) >= 11 is 0. The van der Waals surface area contributed by atoms with E-state index in [-0.39, 0.29) is 30.4 Å². The minimum absolute atomic E-state index is 0.0967. The van der Waals surface area contributed by atoms with Gasteiger partial charge in [0.15, 0.2) is 9.84 Å². The average molecular weight is 325 g/mol. The van der Waals surface area contributed by atoms with Crippen molar-refractivity contribution in [2.24, 2.45) is 0 Å². The maximum absolute atomic E-state index is 11.9. The van der Waals surface area contributed by atoms with Gasteiger partial charge in [0.05, 0.1) is 23.3 Å². The van der Waals surface area contributed by atoms with Crippen LogP contribution in [0.5, 0.6) is 0 Å². The van der Waals surface area contributed by atoms with E-state index in [1.807, 2.05) is 0 Å². The summed E-state index contributed by atoms with van der Waals surface area (Å²) in [5, 5.41) is 2.16. The molecule has 0 aromatic carbocycles. The molecule has 2 N–H and O–H groups in total. The SMILES string of the molecule is O=C(CNS(=O)(=O)C1CCS(=O)(=O)C1)N1CCNCC1. The Labute approximate surface area is 118 Å². The van der Waals surface area contributed by atoms with Crippen molar-refractivity contribution in [3.63, 3.8) is 0 Å². The standard InChI is InChI=1S/C10H19N3O5S2/c14-10(13-4-2-11-3-5-13)7-12-20(17,18)9-1-6-19(15,16)8-9/h9,11-12H,1-8H2. The third-order valence-corrected chi connectivity index (χ3v) is 7.33. The van der Waals surface area contributed by atoms with E-state index in [0.29, 0.717) is 26.2 Å². The van der Waals surface area contributed by atoms with Gasteiger partial charge in [-0.05, 0) is 6.42 Å². The fourth-order valence-corrected chi connectivity index (χ4v) is 6.33. The summed E-state index contributed by atoms with van der Waals surface area (Å²) < 4.78 is 48.7. The molecule has 116 valence electrons. The van der Waals surface area contributed by atoms with E-state index in [1.165, 1.54) is 0 Å². The smallest absolute Gasteiger partial charge is 0.237 e. The van der Waals surface area contributed by atoms with Gasteiger partial charge in [0.2, 0.25) is 15.9 Å². The molecule has 0 radical (unpaired) electrons. The highest BCUT2D eigenvalue weighted by atomic mass is 32.2. The predicted octanol–water partition coefficient (Wildman–Crippen LogP) is -2.48. The fraction of sp³-hybridized carbons (Fsp3) is 0.900. The van der Waals surface area contributed by atoms with Crippen LogP contribution >= 0.6 is 0 Å². The number of sulfonamides is 1. The quantitative estimate of drug-likeness (QED) is 0.592. The number of sulfone groups is 1. The third kappa shape index (κ3) is 3.90. The van der Waals surface area contributed by atoms with E-state index in [0.717, 1.165) is 0 Å². The van der Waals surface area contributed by atoms with Gasteiger partial charge >= 0.3 is 0 Å². The van der Waals surface area contributed by atoms with Crippen molar-refractivity contribution >= 4 is 25.8 Å². The Morgan fingerprint density at radius 2 is 1.95 bits per heavy atom. The van der Waals surface area contributed by atoms with Crippen molar-refractivity contribution in [3.05, 3.63) is 0 Å². The lowest BCUT2D eigenvalue weighted by molar-refractivity contribution is -0.130. The minimum Gasteiger partial charge on any atom is -0.339 e. The van der Waals surface area contributed by atoms with Crippen LogP contribution in [0.15, 0.2) is 0 Å². The van der Waals surface area contributed by atoms with E-state index < -0.39 is 25.1 Å². The monoisotopic (exact) mass is 325 g/mol. The number of hydrogen-bond acceptors (Lipinski definition) is 6. The topological polar surface area (TPSA) is 113 Å². The molecule has 0 bridgehead atoms. The number of carbonyl (C=O) groups excluding carboxylic acids is 1. The van der Waals surface area contributed by atoms with E-state index in [2.05, 4.69) is 10.0 Å². The van der Waals surface area contributed by atoms with Crippen molar-refractivity contribution in [1.82, 2.24) is 14.9 Å². The van der Waals surface area contributed by atoms with Crippen LogP contribution < -0.4 is 10.0 Å². The number of carbonyl (C=O) groups is 1. The van der Waals surface area contributed by atoms with Crippen molar-refractivity contribution in [2.45, 2.75) is 11.7 Å². The molecule has 2 saturated heterocycles. The van der Waals surface area contributed by atoms with Gasteiger partial charge < -0.3 is 10.2 Å². The Balaban J connectivity index is 1.87. The molecule has 0 spiro atoms. The van der Waals surface area contributed by atoms with Crippen molar-refractivity contribution < 1.29 is 21.6 Å². The van der Waals surface area contributed by atoms with Gasteiger partial charge in [-0.3, -0.25) is 4.79 Å². The zero-order valence-electron chi connectivity index (χ0n) is 11.0. The molecule has 2 aliphatic rings. The highest BCUT2D eigenvalue weighted by Gasteiger charge is 2.37. The number of amides is 1. The Hall–Kier alpha value is -0.710. The van der Waals surface area contributed by atoms with Gasteiger partial charge in [0.1, 0.15) is 0 Å². The first-order valence-corrected chi connectivity index (χ1v) is 9.84. The summed E-state index contributed by atoms with van der Waals surface area (Å²) in [5.74, 6) is -0.745. The van der Waals surface area contributed by atoms with Crippen LogP contribution in [0.1, 0.15) is 6.42 Å². The van der Waals surface area contributed by atoms with Crippen molar-refractivity contribution in [1.29, 1.82) is 0 Å². The summed E-state index contributed by atoms with van der Waals surface area (Å²) in [6.45, 7) is 2.19. The number of nitrogens with one attached hydrogen (secondary N) is 2. The second kappa shape index (κ2) is 5.96. The lowest BCUT2D eigenvalue weighted by Crippen LogP contribution is -2.50. The van der Waals surface area contributed by atoms with E-state index in [4.69, 9.17) is 0 Å². The molecule has 2 heterocycles. The van der Waals surface area contributed by atoms with E-state index >= 15 is 0 Å². The van der Waals surface area contributed by atoms with Crippen LogP contribution in [-0.4, -0.2) is 77.1 Å². The Morgan fingerprint density at radius 1 is 1.30 bits per heavy atom. The molecule has 2 fully saturated rings. The summed E-state index contributed by atoms with van der Waals surface area (Å²) in [6, 6.07) is 0. The first-order valence-electron chi connectivity index (χ1n) is 6.47. The minimum atomic E-state index is -3.76. The molecule has 0 aromatic rings. The van der Waals surface area contributed by atoms with Crippen molar-refractivity contribution in [3.8, 4) is 0 Å². The summed E-state index contributed by atoms with van der Waals surface area (Å²) in [6.07, 6.45) is 0.0967. The van der Waals surface area contributed by atoms with E-state index in [9.17, 15) is 21.6 Å². The van der Waals surface area contributed by atoms with Gasteiger partial charge in [-0.15, -0.1) is 0 Å². The second-order valence-corrected chi connectivity index (χ2v) is 9.30. The number of nitrogens with zero attached hydrogens (tertiary/aromatic N) is 1. The maximum Gasteiger partial charge on any atom is 0.237 e. The molecule has 0 aromatic heterocycles. The summed E-state index contributed by atoms with van der Waals surface area (Å²) in [7, 11) is -7.02. The number of hydrogen-bond donors (Lipinski definition) is 2. The number of rotatable bonds is 4. The van der Waals surface area contributed by atoms with Gasteiger partial charge in [-0.1, -0.05) is 0 Å². The van der Waals surface area contributed by atoms with Crippen LogP contribution in [0.2, 0.25) is 0 Å². The lowest BCUT2D eigenvalue weighted by atomic mass is 10.3. The molecule has 20 heavy (non-hydrogen) atoms. The first-order chi connectivity index (χ1) is 9.30. The molecule has 10 heteroatoms. The molecule has 1 unspecified atom stereocenters. The second-order valence-electron chi connectivity index (χ2n) is 5.02. The summed E-state index contributed by atoms with van der Waals surface area (Å²) in [4.78, 5) is 13.4. The Morgan fingerprint density at radius 3 is 2.50 bits per heavy atom. The largest absolute Gasteiger partial charge is 0.339 e. The Kier molecular flexibility index (Phi) is 4.67. The highest BCUT2D eigenvalue weighted by Crippen LogP contribution is 2.17. The predicted molar refractivity (Wildman–Crippen MR) is 73.4 cm³/mol. The molecule has 1 amide bonds. The normalized spacial score (nSPS) is 26.6. The van der Waals surface area contributed by atoms with Crippen LogP contribution in [0.4, 0.5) is 0 Å². The molecule has 8 nitrogen and oxygen atoms in total. The van der Waals surface area contributed by atoms with Gasteiger partial charge in [-0.25, -0.2) is 21.6 Å². The van der Waals surface area contributed by atoms with Gasteiger partial charge in [0, 0.05) is 26.2 Å². The highest BCUT2D eigenvalue weighted by molar-refractivity contribution is 7.95. The van der Waals surface area contributed by atoms with Crippen LogP contribution in [-0.2, 0) is 24.7 Å². The summed E-state index contributed by atoms with van der Waals surface area (Å²) in [5.41, 5.74) is 0. The molecule has 1 atom stereocenters. The molecular weight excluding hydrogens is 306 g/mol. The molecular formula is C10H19N3O5S2. The van der Waals surface area contributed by atoms with Crippen LogP contribution in [0, 0.1) is 0 Å². The maximum atomic E-state index is 11.9. The number of piperazine rings is 1. The fourth-order valence-electron chi connectivity index (χ4n) is 2.31. The van der Waals surface area contributed by atoms with Crippen molar-refractivity contribution in [2.75, 3.05) is 44.2 Å². The third-order valence-electron chi connectivity index (χ3n) is 3.52. The molecule has 2 aliphatic heterocycles. The molecule has 0 aliphatic carbocycles. The van der Waals surface area contributed by atoms with Gasteiger partial charge in [-0.2, -0.15) is 0 Å². The zero-order valence-corrected chi connectivity index (χ0v) is 12.7. The molecule has 2 rings (SSSR count). The average Bonchev–Trinajstić information content (AvgIpc) is 2.78. The van der Waals surface area contributed by atoms with Crippen LogP contribution in [0.3, 0.4) is 0 Å². The zero-order chi connectivity index (χ0) is 14.8. The van der Waals surface area contributed by atoms with Gasteiger partial charge in [0.25, 0.3) is 0 Å². The molecule has 0 saturated carbocycles. The van der Waals surface area contributed by atoms with Crippen LogP contribution in [0.25, 0.3) is 0 Å². The van der Waals surface area contributed by atoms with E-state index in [1.54, 1.807) is 4.90 Å². The Bertz CT molecular complexity index is 566. The first kappa shape index (κ1) is 15.7.